The Kier molecular flexibility index (Phi) is 12.2. The number of β-lactam (4-membered cyclic amide) rings is 1. The number of rotatable bonds is 15. The summed E-state index contributed by atoms with van der Waals surface area (Å²) in [5, 5.41) is 24.6. The van der Waals surface area contributed by atoms with Crippen LogP contribution in [0.4, 0.5) is 14.5 Å². The van der Waals surface area contributed by atoms with Crippen molar-refractivity contribution < 1.29 is 42.9 Å². The van der Waals surface area contributed by atoms with Crippen LogP contribution >= 0.6 is 11.8 Å². The zero-order valence-corrected chi connectivity index (χ0v) is 27.5. The Morgan fingerprint density at radius 2 is 1.53 bits per heavy atom. The zero-order chi connectivity index (χ0) is 34.9. The molecule has 4 N–H and O–H groups in total. The van der Waals surface area contributed by atoms with Crippen LogP contribution in [0.1, 0.15) is 61.8 Å². The number of thioether (sulfide) groups is 1. The molecule has 1 aliphatic carbocycles. The number of carboxylic acids is 1. The first-order chi connectivity index (χ1) is 23.6. The van der Waals surface area contributed by atoms with Crippen molar-refractivity contribution in [3.05, 3.63) is 95.6 Å². The molecule has 10 nitrogen and oxygen atoms in total. The smallest absolute Gasteiger partial charge is 0.326 e. The summed E-state index contributed by atoms with van der Waals surface area (Å²) in [6, 6.07) is 16.4. The van der Waals surface area contributed by atoms with Gasteiger partial charge in [0.1, 0.15) is 28.7 Å². The fourth-order valence-corrected chi connectivity index (χ4v) is 7.48. The number of hydrogen-bond acceptors (Lipinski definition) is 7. The van der Waals surface area contributed by atoms with Gasteiger partial charge < -0.3 is 30.5 Å². The molecule has 0 spiro atoms. The van der Waals surface area contributed by atoms with Crippen LogP contribution in [0, 0.1) is 17.6 Å². The van der Waals surface area contributed by atoms with E-state index in [1.165, 1.54) is 60.3 Å². The number of halogens is 2. The van der Waals surface area contributed by atoms with Crippen LogP contribution in [0.3, 0.4) is 0 Å². The first-order valence-electron chi connectivity index (χ1n) is 16.2. The Morgan fingerprint density at radius 1 is 0.898 bits per heavy atom. The molecule has 49 heavy (non-hydrogen) atoms. The van der Waals surface area contributed by atoms with Gasteiger partial charge in [-0.3, -0.25) is 14.4 Å². The Labute approximate surface area is 287 Å². The highest BCUT2D eigenvalue weighted by Crippen LogP contribution is 2.46. The van der Waals surface area contributed by atoms with E-state index in [-0.39, 0.29) is 30.7 Å². The van der Waals surface area contributed by atoms with Crippen LogP contribution in [0.2, 0.25) is 0 Å². The van der Waals surface area contributed by atoms with E-state index in [2.05, 4.69) is 10.6 Å². The van der Waals surface area contributed by atoms with E-state index in [0.29, 0.717) is 23.4 Å². The monoisotopic (exact) mass is 695 g/mol. The molecular weight excluding hydrogens is 656 g/mol. The lowest BCUT2D eigenvalue weighted by Crippen LogP contribution is -2.57. The molecule has 1 heterocycles. The first-order valence-corrected chi connectivity index (χ1v) is 17.3. The number of benzene rings is 3. The molecule has 3 aromatic carbocycles. The van der Waals surface area contributed by atoms with Crippen LogP contribution in [0.25, 0.3) is 0 Å². The molecule has 5 rings (SSSR count). The zero-order valence-electron chi connectivity index (χ0n) is 26.7. The van der Waals surface area contributed by atoms with Gasteiger partial charge in [0, 0.05) is 11.4 Å². The standard InChI is InChI=1S/C36H39F2N3O7S/c37-25-10-6-23(7-11-25)30(42)21-49-34-33(41(35(34)45)27-14-12-26(38)13-15-27)24-8-16-28(17-9-24)48-20-32(44)39-19-31(43)40-29(36(46)47)18-22-4-2-1-3-5-22/h6-17,22,29-30,33-34,42H,1-5,18-21H2,(H,39,44)(H,40,43)(H,46,47)/t29-,30+,33-,34-/m1/s1. The summed E-state index contributed by atoms with van der Waals surface area (Å²) in [5.41, 5.74) is 1.78. The van der Waals surface area contributed by atoms with Crippen LogP contribution < -0.4 is 20.3 Å². The van der Waals surface area contributed by atoms with Crippen LogP contribution in [0.5, 0.6) is 5.75 Å². The minimum Gasteiger partial charge on any atom is -0.484 e. The number of carbonyl (C=O) groups excluding carboxylic acids is 3. The molecule has 0 unspecified atom stereocenters. The van der Waals surface area contributed by atoms with E-state index < -0.39 is 52.9 Å². The fraction of sp³-hybridized carbons (Fsp3) is 0.389. The summed E-state index contributed by atoms with van der Waals surface area (Å²) in [6.07, 6.45) is 4.59. The molecule has 4 atom stereocenters. The van der Waals surface area contributed by atoms with E-state index in [4.69, 9.17) is 4.74 Å². The minimum absolute atomic E-state index is 0.182. The normalized spacial score (nSPS) is 19.0. The number of amides is 3. The largest absolute Gasteiger partial charge is 0.484 e. The molecule has 3 amide bonds. The maximum absolute atomic E-state index is 13.6. The van der Waals surface area contributed by atoms with Gasteiger partial charge in [0.15, 0.2) is 6.61 Å². The van der Waals surface area contributed by atoms with Gasteiger partial charge in [0.2, 0.25) is 11.8 Å². The molecule has 13 heteroatoms. The quantitative estimate of drug-likeness (QED) is 0.164. The molecule has 0 aromatic heterocycles. The van der Waals surface area contributed by atoms with Crippen molar-refractivity contribution in [3.8, 4) is 5.75 Å². The SMILES string of the molecule is O=C(COc1ccc([C@@H]2[C@@H](SC[C@H](O)c3ccc(F)cc3)C(=O)N2c2ccc(F)cc2)cc1)NCC(=O)N[C@H](CC1CCCCC1)C(=O)O. The van der Waals surface area contributed by atoms with Gasteiger partial charge in [-0.25, -0.2) is 13.6 Å². The Bertz CT molecular complexity index is 1600. The molecule has 0 radical (unpaired) electrons. The third kappa shape index (κ3) is 9.57. The lowest BCUT2D eigenvalue weighted by atomic mass is 9.85. The summed E-state index contributed by atoms with van der Waals surface area (Å²) in [7, 11) is 0. The summed E-state index contributed by atoms with van der Waals surface area (Å²) in [5.74, 6) is -2.54. The third-order valence-electron chi connectivity index (χ3n) is 8.80. The van der Waals surface area contributed by atoms with Crippen molar-refractivity contribution in [1.82, 2.24) is 10.6 Å². The molecule has 0 bridgehead atoms. The van der Waals surface area contributed by atoms with Crippen molar-refractivity contribution in [1.29, 1.82) is 0 Å². The van der Waals surface area contributed by atoms with Crippen molar-refractivity contribution >= 4 is 41.1 Å². The second kappa shape index (κ2) is 16.8. The van der Waals surface area contributed by atoms with Crippen LogP contribution in [-0.2, 0) is 19.2 Å². The van der Waals surface area contributed by atoms with E-state index >= 15 is 0 Å². The van der Waals surface area contributed by atoms with Gasteiger partial charge in [-0.15, -0.1) is 11.8 Å². The number of aliphatic carboxylic acids is 1. The van der Waals surface area contributed by atoms with E-state index in [0.717, 1.165) is 37.7 Å². The van der Waals surface area contributed by atoms with Crippen molar-refractivity contribution in [2.75, 3.05) is 23.8 Å². The average molecular weight is 696 g/mol. The number of nitrogens with one attached hydrogen (secondary N) is 2. The number of ether oxygens (including phenoxy) is 1. The van der Waals surface area contributed by atoms with Crippen molar-refractivity contribution in [2.24, 2.45) is 5.92 Å². The van der Waals surface area contributed by atoms with Crippen molar-refractivity contribution in [2.45, 2.75) is 62.0 Å². The van der Waals surface area contributed by atoms with Gasteiger partial charge in [0.05, 0.1) is 18.7 Å². The molecule has 1 aliphatic heterocycles. The average Bonchev–Trinajstić information content (AvgIpc) is 3.10. The molecule has 2 aliphatic rings. The van der Waals surface area contributed by atoms with E-state index in [1.54, 1.807) is 29.2 Å². The summed E-state index contributed by atoms with van der Waals surface area (Å²) >= 11 is 1.26. The molecule has 1 saturated carbocycles. The second-order valence-corrected chi connectivity index (χ2v) is 13.5. The first kappa shape index (κ1) is 35.8. The number of aliphatic hydroxyl groups excluding tert-OH is 1. The summed E-state index contributed by atoms with van der Waals surface area (Å²) < 4.78 is 32.6. The van der Waals surface area contributed by atoms with Gasteiger partial charge in [-0.1, -0.05) is 56.4 Å². The highest BCUT2D eigenvalue weighted by Gasteiger charge is 2.49. The summed E-state index contributed by atoms with van der Waals surface area (Å²) in [4.78, 5) is 51.3. The third-order valence-corrected chi connectivity index (χ3v) is 10.1. The molecular formula is C36H39F2N3O7S. The van der Waals surface area contributed by atoms with E-state index in [9.17, 15) is 38.2 Å². The predicted molar refractivity (Wildman–Crippen MR) is 180 cm³/mol. The Balaban J connectivity index is 1.15. The second-order valence-electron chi connectivity index (χ2n) is 12.3. The number of aliphatic hydroxyl groups is 1. The van der Waals surface area contributed by atoms with E-state index in [1.807, 2.05) is 0 Å². The molecule has 1 saturated heterocycles. The lowest BCUT2D eigenvalue weighted by molar-refractivity contribution is -0.142. The maximum Gasteiger partial charge on any atom is 0.326 e. The highest BCUT2D eigenvalue weighted by atomic mass is 32.2. The lowest BCUT2D eigenvalue weighted by Gasteiger charge is -2.47. The topological polar surface area (TPSA) is 145 Å². The van der Waals surface area contributed by atoms with Gasteiger partial charge >= 0.3 is 5.97 Å². The van der Waals surface area contributed by atoms with Crippen LogP contribution in [0.15, 0.2) is 72.8 Å². The number of carboxylic acid groups (broad SMARTS) is 1. The minimum atomic E-state index is -1.10. The number of anilines is 1. The predicted octanol–water partition coefficient (Wildman–Crippen LogP) is 4.92. The Morgan fingerprint density at radius 3 is 2.16 bits per heavy atom. The molecule has 2 fully saturated rings. The van der Waals surface area contributed by atoms with Crippen molar-refractivity contribution in [3.63, 3.8) is 0 Å². The summed E-state index contributed by atoms with van der Waals surface area (Å²) in [6.45, 7) is -0.778. The van der Waals surface area contributed by atoms with Gasteiger partial charge in [0.25, 0.3) is 5.91 Å². The molecule has 260 valence electrons. The number of carbonyl (C=O) groups is 4. The van der Waals surface area contributed by atoms with Crippen LogP contribution in [-0.4, -0.2) is 64.1 Å². The molecule has 3 aromatic rings. The Hall–Kier alpha value is -4.49. The highest BCUT2D eigenvalue weighted by molar-refractivity contribution is 8.00. The number of nitrogens with zero attached hydrogens (tertiary/aromatic N) is 1. The number of hydrogen-bond donors (Lipinski definition) is 4. The maximum atomic E-state index is 13.6. The fourth-order valence-electron chi connectivity index (χ4n) is 6.18. The van der Waals surface area contributed by atoms with Gasteiger partial charge in [-0.05, 0) is 72.0 Å². The van der Waals surface area contributed by atoms with Gasteiger partial charge in [-0.2, -0.15) is 0 Å².